The molecule has 0 aromatic carbocycles. The zero-order valence-corrected chi connectivity index (χ0v) is 14.1. The number of hydrogen-bond donors (Lipinski definition) is 1. The Balaban J connectivity index is 1.83. The summed E-state index contributed by atoms with van der Waals surface area (Å²) in [4.78, 5) is 4.60. The molecule has 1 aromatic heterocycles. The van der Waals surface area contributed by atoms with E-state index in [9.17, 15) is 0 Å². The van der Waals surface area contributed by atoms with Crippen molar-refractivity contribution >= 4 is 0 Å². The average molecular weight is 293 g/mol. The van der Waals surface area contributed by atoms with Crippen molar-refractivity contribution in [2.24, 2.45) is 17.1 Å². The predicted molar refractivity (Wildman–Crippen MR) is 85.0 cm³/mol. The van der Waals surface area contributed by atoms with E-state index in [0.29, 0.717) is 11.3 Å². The first-order chi connectivity index (χ1) is 9.86. The topological polar surface area (TPSA) is 64.9 Å². The van der Waals surface area contributed by atoms with E-state index in [0.717, 1.165) is 36.9 Å². The van der Waals surface area contributed by atoms with Crippen LogP contribution in [0.3, 0.4) is 0 Å². The van der Waals surface area contributed by atoms with Crippen LogP contribution in [0.4, 0.5) is 0 Å². The quantitative estimate of drug-likeness (QED) is 0.889. The fraction of sp³-hybridized carbons (Fsp3) is 0.882. The molecular weight excluding hydrogens is 262 g/mol. The number of aromatic nitrogens is 2. The minimum atomic E-state index is 0.250. The molecule has 1 fully saturated rings. The summed E-state index contributed by atoms with van der Waals surface area (Å²) in [6.07, 6.45) is 7.84. The fourth-order valence-electron chi connectivity index (χ4n) is 3.33. The van der Waals surface area contributed by atoms with Gasteiger partial charge in [-0.2, -0.15) is 4.98 Å². The highest BCUT2D eigenvalue weighted by Crippen LogP contribution is 2.42. The van der Waals surface area contributed by atoms with Crippen molar-refractivity contribution in [2.75, 3.05) is 0 Å². The van der Waals surface area contributed by atoms with Crippen LogP contribution in [0.5, 0.6) is 0 Å². The van der Waals surface area contributed by atoms with Gasteiger partial charge >= 0.3 is 0 Å². The molecule has 0 aliphatic heterocycles. The summed E-state index contributed by atoms with van der Waals surface area (Å²) in [5, 5.41) is 4.21. The van der Waals surface area contributed by atoms with Crippen LogP contribution in [0, 0.1) is 11.3 Å². The van der Waals surface area contributed by atoms with Crippen molar-refractivity contribution in [3.63, 3.8) is 0 Å². The Hall–Kier alpha value is -0.900. The molecule has 21 heavy (non-hydrogen) atoms. The highest BCUT2D eigenvalue weighted by molar-refractivity contribution is 4.98. The van der Waals surface area contributed by atoms with Crippen molar-refractivity contribution in [2.45, 2.75) is 84.6 Å². The van der Waals surface area contributed by atoms with Crippen molar-refractivity contribution in [1.82, 2.24) is 10.1 Å². The molecule has 120 valence electrons. The van der Waals surface area contributed by atoms with Gasteiger partial charge in [0, 0.05) is 18.4 Å². The van der Waals surface area contributed by atoms with Crippen LogP contribution in [-0.2, 0) is 6.42 Å². The van der Waals surface area contributed by atoms with Crippen LogP contribution in [0.15, 0.2) is 4.52 Å². The van der Waals surface area contributed by atoms with Gasteiger partial charge in [0.2, 0.25) is 5.89 Å². The van der Waals surface area contributed by atoms with Gasteiger partial charge in [0.25, 0.3) is 0 Å². The maximum atomic E-state index is 5.76. The van der Waals surface area contributed by atoms with Crippen LogP contribution < -0.4 is 5.73 Å². The van der Waals surface area contributed by atoms with E-state index < -0.39 is 0 Å². The molecule has 1 atom stereocenters. The summed E-state index contributed by atoms with van der Waals surface area (Å²) in [5.41, 5.74) is 6.18. The molecule has 1 saturated carbocycles. The highest BCUT2D eigenvalue weighted by Gasteiger charge is 2.31. The molecule has 0 saturated heterocycles. The molecule has 1 heterocycles. The minimum absolute atomic E-state index is 0.250. The molecule has 0 radical (unpaired) electrons. The fourth-order valence-corrected chi connectivity index (χ4v) is 3.33. The van der Waals surface area contributed by atoms with Crippen molar-refractivity contribution in [3.8, 4) is 0 Å². The molecule has 4 nitrogen and oxygen atoms in total. The summed E-state index contributed by atoms with van der Waals surface area (Å²) in [6.45, 7) is 9.08. The van der Waals surface area contributed by atoms with Gasteiger partial charge in [0.05, 0.1) is 0 Å². The Labute approximate surface area is 128 Å². The summed E-state index contributed by atoms with van der Waals surface area (Å²) >= 11 is 0. The lowest BCUT2D eigenvalue weighted by Crippen LogP contribution is -2.25. The van der Waals surface area contributed by atoms with E-state index in [1.807, 2.05) is 6.92 Å². The molecule has 1 aromatic rings. The summed E-state index contributed by atoms with van der Waals surface area (Å²) in [6, 6.07) is 0.250. The van der Waals surface area contributed by atoms with Gasteiger partial charge < -0.3 is 10.3 Å². The third-order valence-electron chi connectivity index (χ3n) is 4.85. The first-order valence-corrected chi connectivity index (χ1v) is 8.44. The maximum Gasteiger partial charge on any atom is 0.226 e. The number of nitrogens with two attached hydrogens (primary N) is 1. The Kier molecular flexibility index (Phi) is 5.42. The van der Waals surface area contributed by atoms with Crippen molar-refractivity contribution < 1.29 is 4.52 Å². The van der Waals surface area contributed by atoms with Crippen LogP contribution in [-0.4, -0.2) is 16.2 Å². The highest BCUT2D eigenvalue weighted by atomic mass is 16.5. The Morgan fingerprint density at radius 1 is 1.24 bits per heavy atom. The van der Waals surface area contributed by atoms with Gasteiger partial charge in [0.15, 0.2) is 5.82 Å². The van der Waals surface area contributed by atoms with E-state index in [1.54, 1.807) is 0 Å². The van der Waals surface area contributed by atoms with Gasteiger partial charge in [-0.15, -0.1) is 0 Å². The standard InChI is InChI=1S/C17H31N3O/c1-12(18)6-5-7-15-19-16(20-21-15)13-8-10-14(11-9-13)17(2,3)4/h12-14H,5-11,18H2,1-4H3. The first kappa shape index (κ1) is 16.5. The predicted octanol–water partition coefficient (Wildman–Crippen LogP) is 4.06. The summed E-state index contributed by atoms with van der Waals surface area (Å²) < 4.78 is 5.39. The lowest BCUT2D eigenvalue weighted by atomic mass is 9.70. The zero-order chi connectivity index (χ0) is 15.5. The Bertz CT molecular complexity index is 425. The average Bonchev–Trinajstić information content (AvgIpc) is 2.86. The van der Waals surface area contributed by atoms with Crippen molar-refractivity contribution in [3.05, 3.63) is 11.7 Å². The molecule has 2 N–H and O–H groups in total. The number of hydrogen-bond acceptors (Lipinski definition) is 4. The maximum absolute atomic E-state index is 5.76. The third kappa shape index (κ3) is 4.80. The largest absolute Gasteiger partial charge is 0.339 e. The molecule has 0 amide bonds. The summed E-state index contributed by atoms with van der Waals surface area (Å²) in [5.74, 6) is 3.03. The van der Waals surface area contributed by atoms with E-state index in [2.05, 4.69) is 30.9 Å². The van der Waals surface area contributed by atoms with Crippen LogP contribution in [0.25, 0.3) is 0 Å². The first-order valence-electron chi connectivity index (χ1n) is 8.44. The molecule has 0 bridgehead atoms. The van der Waals surface area contributed by atoms with E-state index in [4.69, 9.17) is 10.3 Å². The van der Waals surface area contributed by atoms with E-state index in [-0.39, 0.29) is 6.04 Å². The monoisotopic (exact) mass is 293 g/mol. The molecule has 1 unspecified atom stereocenters. The van der Waals surface area contributed by atoms with Crippen LogP contribution in [0.2, 0.25) is 0 Å². The van der Waals surface area contributed by atoms with Crippen molar-refractivity contribution in [1.29, 1.82) is 0 Å². The molecule has 2 rings (SSSR count). The SMILES string of the molecule is CC(N)CCCc1nc(C2CCC(C(C)(C)C)CC2)no1. The van der Waals surface area contributed by atoms with Crippen LogP contribution >= 0.6 is 0 Å². The third-order valence-corrected chi connectivity index (χ3v) is 4.85. The van der Waals surface area contributed by atoms with Gasteiger partial charge in [-0.3, -0.25) is 0 Å². The normalized spacial score (nSPS) is 25.0. The summed E-state index contributed by atoms with van der Waals surface area (Å²) in [7, 11) is 0. The second-order valence-electron chi connectivity index (χ2n) is 7.83. The molecule has 1 aliphatic carbocycles. The van der Waals surface area contributed by atoms with E-state index >= 15 is 0 Å². The lowest BCUT2D eigenvalue weighted by molar-refractivity contribution is 0.166. The number of rotatable bonds is 5. The van der Waals surface area contributed by atoms with E-state index in [1.165, 1.54) is 25.7 Å². The molecule has 1 aliphatic rings. The number of aryl methyl sites for hydroxylation is 1. The second kappa shape index (κ2) is 6.91. The second-order valence-corrected chi connectivity index (χ2v) is 7.83. The molecule has 0 spiro atoms. The van der Waals surface area contributed by atoms with Gasteiger partial charge in [-0.25, -0.2) is 0 Å². The van der Waals surface area contributed by atoms with Gasteiger partial charge in [-0.1, -0.05) is 25.9 Å². The van der Waals surface area contributed by atoms with Gasteiger partial charge in [0.1, 0.15) is 0 Å². The van der Waals surface area contributed by atoms with Gasteiger partial charge in [-0.05, 0) is 56.8 Å². The molecular formula is C17H31N3O. The zero-order valence-electron chi connectivity index (χ0n) is 14.1. The number of nitrogens with zero attached hydrogens (tertiary/aromatic N) is 2. The Morgan fingerprint density at radius 3 is 2.48 bits per heavy atom. The molecule has 4 heteroatoms. The van der Waals surface area contributed by atoms with Crippen LogP contribution in [0.1, 0.15) is 83.9 Å². The Morgan fingerprint density at radius 2 is 1.90 bits per heavy atom. The smallest absolute Gasteiger partial charge is 0.226 e. The lowest BCUT2D eigenvalue weighted by Gasteiger charge is -2.36. The minimum Gasteiger partial charge on any atom is -0.339 e.